The number of rotatable bonds is 21. The molecule has 298 valence electrons. The van der Waals surface area contributed by atoms with Gasteiger partial charge in [0.1, 0.15) is 0 Å². The maximum atomic E-state index is 12.9. The second-order valence-corrected chi connectivity index (χ2v) is 15.9. The number of imidazole rings is 1. The summed E-state index contributed by atoms with van der Waals surface area (Å²) >= 11 is 0. The van der Waals surface area contributed by atoms with Crippen molar-refractivity contribution in [2.75, 3.05) is 25.0 Å². The minimum absolute atomic E-state index is 0.00133. The molecule has 3 N–H and O–H groups in total. The van der Waals surface area contributed by atoms with Crippen LogP contribution in [0.1, 0.15) is 151 Å². The van der Waals surface area contributed by atoms with Crippen LogP contribution < -0.4 is 11.0 Å². The van der Waals surface area contributed by atoms with Gasteiger partial charge in [0.15, 0.2) is 6.29 Å². The fourth-order valence-electron chi connectivity index (χ4n) is 8.41. The highest BCUT2D eigenvalue weighted by atomic mass is 16.7. The van der Waals surface area contributed by atoms with E-state index in [0.717, 1.165) is 78.7 Å². The number of nitrogens with one attached hydrogen (secondary N) is 2. The van der Waals surface area contributed by atoms with Crippen LogP contribution in [-0.2, 0) is 20.9 Å². The van der Waals surface area contributed by atoms with E-state index in [1.165, 1.54) is 70.6 Å². The molecule has 0 spiro atoms. The number of anilines is 1. The average molecular weight is 753 g/mol. The standard InChI is InChI=1S/C46H64N4O5/c1-2-3-4-5-6-7-8-9-10-11-12-13-14-22-44(52)47-38-19-17-18-37(31-38)45-54-40(32-43(55-45)36-25-23-35(34-51)24-26-36)33-49-29-27-39(28-30-49)50-42-21-16-15-20-41(42)48-46(50)53/h15-21,23-26,31,39-40,43,45,51H,2-14,22,27-30,32-34H2,1H3,(H,47,52)(H,48,53)/t40-,43+,45?/m0/s1. The maximum absolute atomic E-state index is 12.9. The highest BCUT2D eigenvalue weighted by molar-refractivity contribution is 5.90. The number of aromatic nitrogens is 2. The highest BCUT2D eigenvalue weighted by Gasteiger charge is 2.34. The lowest BCUT2D eigenvalue weighted by Gasteiger charge is -2.40. The zero-order valence-corrected chi connectivity index (χ0v) is 33.1. The molecule has 1 aromatic heterocycles. The molecule has 2 aliphatic heterocycles. The van der Waals surface area contributed by atoms with Crippen molar-refractivity contribution in [3.8, 4) is 0 Å². The van der Waals surface area contributed by atoms with E-state index in [-0.39, 0.29) is 36.5 Å². The molecule has 9 heteroatoms. The van der Waals surface area contributed by atoms with Crippen molar-refractivity contribution < 1.29 is 19.4 Å². The van der Waals surface area contributed by atoms with Gasteiger partial charge in [0, 0.05) is 49.8 Å². The highest BCUT2D eigenvalue weighted by Crippen LogP contribution is 2.39. The molecule has 0 aliphatic carbocycles. The van der Waals surface area contributed by atoms with Crippen molar-refractivity contribution in [3.63, 3.8) is 0 Å². The van der Waals surface area contributed by atoms with Crippen molar-refractivity contribution in [1.82, 2.24) is 14.5 Å². The van der Waals surface area contributed by atoms with Gasteiger partial charge in [-0.05, 0) is 54.7 Å². The molecule has 2 fully saturated rings. The van der Waals surface area contributed by atoms with Gasteiger partial charge in [0.05, 0.1) is 29.8 Å². The molecule has 0 bridgehead atoms. The number of aliphatic hydroxyl groups excluding tert-OH is 1. The van der Waals surface area contributed by atoms with Gasteiger partial charge in [-0.15, -0.1) is 0 Å². The molecule has 3 atom stereocenters. The van der Waals surface area contributed by atoms with Gasteiger partial charge in [-0.3, -0.25) is 9.36 Å². The summed E-state index contributed by atoms with van der Waals surface area (Å²) < 4.78 is 15.2. The number of unbranched alkanes of at least 4 members (excludes halogenated alkanes) is 12. The van der Waals surface area contributed by atoms with E-state index >= 15 is 0 Å². The van der Waals surface area contributed by atoms with Crippen molar-refractivity contribution in [3.05, 3.63) is 100.0 Å². The molecule has 1 amide bonds. The van der Waals surface area contributed by atoms with Crippen LogP contribution in [0.5, 0.6) is 0 Å². The molecule has 55 heavy (non-hydrogen) atoms. The first-order valence-corrected chi connectivity index (χ1v) is 21.3. The van der Waals surface area contributed by atoms with E-state index in [0.29, 0.717) is 12.8 Å². The number of piperidine rings is 1. The van der Waals surface area contributed by atoms with Crippen molar-refractivity contribution in [2.24, 2.45) is 0 Å². The third-order valence-electron chi connectivity index (χ3n) is 11.6. The summed E-state index contributed by atoms with van der Waals surface area (Å²) in [5.74, 6) is 0.0451. The quantitative estimate of drug-likeness (QED) is 0.0732. The molecule has 0 saturated carbocycles. The molecular formula is C46H64N4O5. The first-order valence-electron chi connectivity index (χ1n) is 21.3. The number of carbonyl (C=O) groups is 1. The normalized spacial score (nSPS) is 19.6. The Balaban J connectivity index is 0.990. The Morgan fingerprint density at radius 3 is 2.16 bits per heavy atom. The van der Waals surface area contributed by atoms with Crippen molar-refractivity contribution in [2.45, 2.75) is 147 Å². The minimum atomic E-state index is -0.596. The summed E-state index contributed by atoms with van der Waals surface area (Å²) in [5.41, 5.74) is 5.35. The second-order valence-electron chi connectivity index (χ2n) is 15.9. The molecule has 9 nitrogen and oxygen atoms in total. The van der Waals surface area contributed by atoms with Crippen LogP contribution in [0.3, 0.4) is 0 Å². The Morgan fingerprint density at radius 1 is 0.800 bits per heavy atom. The number of nitrogens with zero attached hydrogens (tertiary/aromatic N) is 2. The van der Waals surface area contributed by atoms with E-state index in [2.05, 4.69) is 22.1 Å². The molecular weight excluding hydrogens is 689 g/mol. The Morgan fingerprint density at radius 2 is 1.47 bits per heavy atom. The lowest BCUT2D eigenvalue weighted by molar-refractivity contribution is -0.253. The molecule has 0 radical (unpaired) electrons. The lowest BCUT2D eigenvalue weighted by Crippen LogP contribution is -2.43. The second kappa shape index (κ2) is 21.5. The monoisotopic (exact) mass is 752 g/mol. The summed E-state index contributed by atoms with van der Waals surface area (Å²) in [6.07, 6.45) is 18.9. The van der Waals surface area contributed by atoms with Gasteiger partial charge in [-0.2, -0.15) is 0 Å². The number of fused-ring (bicyclic) bond motifs is 1. The maximum Gasteiger partial charge on any atom is 0.326 e. The van der Waals surface area contributed by atoms with Gasteiger partial charge in [0.2, 0.25) is 5.91 Å². The predicted molar refractivity (Wildman–Crippen MR) is 221 cm³/mol. The van der Waals surface area contributed by atoms with Crippen molar-refractivity contribution in [1.29, 1.82) is 0 Å². The van der Waals surface area contributed by atoms with E-state index in [1.54, 1.807) is 0 Å². The summed E-state index contributed by atoms with van der Waals surface area (Å²) in [5, 5.41) is 12.7. The lowest BCUT2D eigenvalue weighted by atomic mass is 9.98. The number of para-hydroxylation sites is 2. The molecule has 3 heterocycles. The number of aromatic amines is 1. The Bertz CT molecular complexity index is 1790. The van der Waals surface area contributed by atoms with Gasteiger partial charge in [0.25, 0.3) is 0 Å². The molecule has 2 saturated heterocycles. The molecule has 3 aromatic carbocycles. The van der Waals surface area contributed by atoms with Gasteiger partial charge in [-0.1, -0.05) is 133 Å². The summed E-state index contributed by atoms with van der Waals surface area (Å²) in [6.45, 7) is 4.78. The van der Waals surface area contributed by atoms with E-state index in [1.807, 2.05) is 77.4 Å². The largest absolute Gasteiger partial charge is 0.392 e. The number of ether oxygens (including phenoxy) is 2. The Hall–Kier alpha value is -3.76. The number of H-pyrrole nitrogens is 1. The van der Waals surface area contributed by atoms with Crippen LogP contribution >= 0.6 is 0 Å². The van der Waals surface area contributed by atoms with E-state index in [4.69, 9.17) is 9.47 Å². The minimum Gasteiger partial charge on any atom is -0.392 e. The summed E-state index contributed by atoms with van der Waals surface area (Å²) in [6, 6.07) is 23.9. The first-order chi connectivity index (χ1) is 27.0. The van der Waals surface area contributed by atoms with Crippen LogP contribution in [-0.4, -0.2) is 51.2 Å². The summed E-state index contributed by atoms with van der Waals surface area (Å²) in [7, 11) is 0. The number of likely N-dealkylation sites (tertiary alicyclic amines) is 1. The fraction of sp³-hybridized carbons (Fsp3) is 0.565. The topological polar surface area (TPSA) is 109 Å². The van der Waals surface area contributed by atoms with Crippen molar-refractivity contribution >= 4 is 22.6 Å². The van der Waals surface area contributed by atoms with Crippen LogP contribution in [0.15, 0.2) is 77.6 Å². The van der Waals surface area contributed by atoms with E-state index in [9.17, 15) is 14.7 Å². The first kappa shape index (κ1) is 40.9. The zero-order chi connectivity index (χ0) is 38.2. The fourth-order valence-corrected chi connectivity index (χ4v) is 8.41. The SMILES string of the molecule is CCCCCCCCCCCCCCCC(=O)Nc1cccc(C2O[C@H](CN3CCC(n4c(=O)[nH]c5ccccc54)CC3)C[C@H](c3ccc(CO)cc3)O2)c1. The van der Waals surface area contributed by atoms with Crippen LogP contribution in [0, 0.1) is 0 Å². The number of benzene rings is 3. The Labute approximate surface area is 327 Å². The predicted octanol–water partition coefficient (Wildman–Crippen LogP) is 10.1. The average Bonchev–Trinajstić information content (AvgIpc) is 3.55. The number of hydrogen-bond acceptors (Lipinski definition) is 6. The number of hydrogen-bond donors (Lipinski definition) is 3. The van der Waals surface area contributed by atoms with Crippen LogP contribution in [0.4, 0.5) is 5.69 Å². The Kier molecular flexibility index (Phi) is 16.0. The van der Waals surface area contributed by atoms with Gasteiger partial charge >= 0.3 is 5.69 Å². The molecule has 2 aliphatic rings. The number of carbonyl (C=O) groups excluding carboxylic acids is 1. The zero-order valence-electron chi connectivity index (χ0n) is 33.1. The third-order valence-corrected chi connectivity index (χ3v) is 11.6. The number of amides is 1. The smallest absolute Gasteiger partial charge is 0.326 e. The molecule has 4 aromatic rings. The van der Waals surface area contributed by atoms with Crippen LogP contribution in [0.2, 0.25) is 0 Å². The third kappa shape index (κ3) is 12.1. The molecule has 1 unspecified atom stereocenters. The van der Waals surface area contributed by atoms with Crippen LogP contribution in [0.25, 0.3) is 11.0 Å². The van der Waals surface area contributed by atoms with Gasteiger partial charge < -0.3 is 29.8 Å². The number of aliphatic hydroxyl groups is 1. The molecule has 6 rings (SSSR count). The van der Waals surface area contributed by atoms with E-state index < -0.39 is 6.29 Å². The summed E-state index contributed by atoms with van der Waals surface area (Å²) in [4.78, 5) is 31.3. The van der Waals surface area contributed by atoms with Gasteiger partial charge in [-0.25, -0.2) is 4.79 Å².